The van der Waals surface area contributed by atoms with Crippen LogP contribution in [0.4, 0.5) is 0 Å². The zero-order valence-electron chi connectivity index (χ0n) is 23.3. The largest absolute Gasteiger partial charge is 0.546 e. The Balaban J connectivity index is 3.16. The number of Topliss-reactive ketones (excluding diaryl/α,β-unsaturated/α-hetero) is 1. The van der Waals surface area contributed by atoms with Crippen LogP contribution in [0.3, 0.4) is 0 Å². The fourth-order valence-electron chi connectivity index (χ4n) is 4.96. The molecule has 0 saturated heterocycles. The van der Waals surface area contributed by atoms with Gasteiger partial charge in [-0.15, -0.1) is 0 Å². The van der Waals surface area contributed by atoms with Crippen molar-refractivity contribution in [2.75, 3.05) is 13.2 Å². The Kier molecular flexibility index (Phi) is 10.6. The molecule has 0 fully saturated rings. The lowest BCUT2D eigenvalue weighted by atomic mass is 9.79. The van der Waals surface area contributed by atoms with E-state index in [0.717, 1.165) is 5.76 Å². The molecule has 0 saturated carbocycles. The summed E-state index contributed by atoms with van der Waals surface area (Å²) < 4.78 is 18.4. The monoisotopic (exact) mass is 498 g/mol. The van der Waals surface area contributed by atoms with Gasteiger partial charge >= 0.3 is 5.97 Å². The van der Waals surface area contributed by atoms with Gasteiger partial charge in [0.1, 0.15) is 0 Å². The number of carbonyl (C=O) groups excluding carboxylic acids is 2. The molecule has 5 nitrogen and oxygen atoms in total. The van der Waals surface area contributed by atoms with Crippen LogP contribution in [0.1, 0.15) is 82.1 Å². The van der Waals surface area contributed by atoms with Crippen LogP contribution in [-0.2, 0) is 23.2 Å². The van der Waals surface area contributed by atoms with Crippen LogP contribution in [0, 0.1) is 11.8 Å². The van der Waals surface area contributed by atoms with Crippen LogP contribution in [0.15, 0.2) is 11.8 Å². The van der Waals surface area contributed by atoms with Crippen molar-refractivity contribution in [3.05, 3.63) is 11.8 Å². The highest BCUT2D eigenvalue weighted by Crippen LogP contribution is 2.46. The summed E-state index contributed by atoms with van der Waals surface area (Å²) in [6.07, 6.45) is 2.98. The second kappa shape index (κ2) is 11.7. The van der Waals surface area contributed by atoms with Crippen molar-refractivity contribution in [3.8, 4) is 0 Å². The number of hydrogen-bond donors (Lipinski definition) is 0. The molecule has 0 aromatic rings. The normalized spacial score (nSPS) is 20.3. The van der Waals surface area contributed by atoms with Gasteiger partial charge in [0.15, 0.2) is 14.1 Å². The molecule has 1 aliphatic carbocycles. The van der Waals surface area contributed by atoms with E-state index in [1.807, 2.05) is 0 Å². The lowest BCUT2D eigenvalue weighted by Gasteiger charge is -2.44. The van der Waals surface area contributed by atoms with E-state index in [1.54, 1.807) is 6.92 Å². The van der Waals surface area contributed by atoms with E-state index in [9.17, 15) is 9.59 Å². The molecule has 1 aliphatic rings. The van der Waals surface area contributed by atoms with Crippen molar-refractivity contribution >= 4 is 28.4 Å². The molecule has 0 aliphatic heterocycles. The van der Waals surface area contributed by atoms with Crippen molar-refractivity contribution in [1.29, 1.82) is 0 Å². The van der Waals surface area contributed by atoms with Gasteiger partial charge in [0, 0.05) is 12.3 Å². The third-order valence-corrected chi connectivity index (χ3v) is 18.4. The Bertz CT molecular complexity index is 682. The summed E-state index contributed by atoms with van der Waals surface area (Å²) in [6, 6.07) is 0. The van der Waals surface area contributed by atoms with E-state index in [1.165, 1.54) is 0 Å². The molecule has 0 spiro atoms. The summed E-state index contributed by atoms with van der Waals surface area (Å²) in [4.78, 5) is 26.1. The van der Waals surface area contributed by atoms with Gasteiger partial charge in [-0.3, -0.25) is 9.59 Å². The first kappa shape index (κ1) is 30.1. The molecule has 33 heavy (non-hydrogen) atoms. The molecule has 0 heterocycles. The zero-order valence-corrected chi connectivity index (χ0v) is 25.3. The van der Waals surface area contributed by atoms with Gasteiger partial charge in [0.25, 0.3) is 8.32 Å². The first-order valence-electron chi connectivity index (χ1n) is 12.7. The Morgan fingerprint density at radius 1 is 1.00 bits per heavy atom. The molecule has 0 unspecified atom stereocenters. The standard InChI is InChI=1S/C26H50O5Si2/c1-13-29-25(28)23-16-21(31-33(18(2)3,19(4)5)20(6)7)14-15-22(23)24(27)17-30-32(11,12)26(8,9)10/h14,18-20,22-23H,13,15-17H2,1-12H3/t22-,23-/m1/s1. The van der Waals surface area contributed by atoms with E-state index < -0.39 is 28.5 Å². The van der Waals surface area contributed by atoms with Gasteiger partial charge < -0.3 is 13.6 Å². The minimum Gasteiger partial charge on any atom is -0.546 e. The van der Waals surface area contributed by atoms with Crippen LogP contribution in [0.25, 0.3) is 0 Å². The number of rotatable bonds is 11. The van der Waals surface area contributed by atoms with Crippen LogP contribution < -0.4 is 0 Å². The summed E-state index contributed by atoms with van der Waals surface area (Å²) in [5.74, 6) is -0.380. The highest BCUT2D eigenvalue weighted by Gasteiger charge is 2.49. The maximum atomic E-state index is 13.2. The van der Waals surface area contributed by atoms with E-state index in [-0.39, 0.29) is 23.4 Å². The van der Waals surface area contributed by atoms with Gasteiger partial charge in [-0.05, 0) is 54.2 Å². The Hall–Kier alpha value is -0.926. The Morgan fingerprint density at radius 2 is 1.52 bits per heavy atom. The molecule has 0 aromatic carbocycles. The van der Waals surface area contributed by atoms with Crippen LogP contribution in [0.2, 0.25) is 34.8 Å². The highest BCUT2D eigenvalue weighted by molar-refractivity contribution is 6.78. The molecule has 0 bridgehead atoms. The Labute approximate surface area is 205 Å². The van der Waals surface area contributed by atoms with Crippen molar-refractivity contribution in [2.45, 2.75) is 117 Å². The second-order valence-electron chi connectivity index (χ2n) is 12.0. The Morgan fingerprint density at radius 3 is 1.94 bits per heavy atom. The molecule has 0 amide bonds. The van der Waals surface area contributed by atoms with Gasteiger partial charge in [0.05, 0.1) is 24.9 Å². The first-order valence-corrected chi connectivity index (χ1v) is 17.8. The lowest BCUT2D eigenvalue weighted by Crippen LogP contribution is -2.48. The number of carbonyl (C=O) groups is 2. The highest BCUT2D eigenvalue weighted by atomic mass is 28.4. The molecule has 2 atom stereocenters. The lowest BCUT2D eigenvalue weighted by molar-refractivity contribution is -0.153. The molecule has 0 aromatic heterocycles. The average molecular weight is 499 g/mol. The fraction of sp³-hybridized carbons (Fsp3) is 0.846. The second-order valence-corrected chi connectivity index (χ2v) is 22.2. The van der Waals surface area contributed by atoms with E-state index in [2.05, 4.69) is 81.5 Å². The average Bonchev–Trinajstić information content (AvgIpc) is 2.68. The predicted molar refractivity (Wildman–Crippen MR) is 141 cm³/mol. The van der Waals surface area contributed by atoms with Crippen LogP contribution >= 0.6 is 0 Å². The summed E-state index contributed by atoms with van der Waals surface area (Å²) in [6.45, 7) is 26.4. The van der Waals surface area contributed by atoms with Gasteiger partial charge in [-0.2, -0.15) is 0 Å². The third-order valence-electron chi connectivity index (χ3n) is 7.91. The van der Waals surface area contributed by atoms with Crippen molar-refractivity contribution < 1.29 is 23.2 Å². The van der Waals surface area contributed by atoms with Gasteiger partial charge in [0.2, 0.25) is 0 Å². The fourth-order valence-corrected chi connectivity index (χ4v) is 11.2. The maximum absolute atomic E-state index is 13.2. The number of hydrogen-bond acceptors (Lipinski definition) is 5. The molecule has 7 heteroatoms. The topological polar surface area (TPSA) is 61.8 Å². The third kappa shape index (κ3) is 7.04. The molecule has 192 valence electrons. The number of ketones is 1. The van der Waals surface area contributed by atoms with E-state index >= 15 is 0 Å². The zero-order chi connectivity index (χ0) is 25.8. The number of ether oxygens (including phenoxy) is 1. The maximum Gasteiger partial charge on any atom is 0.310 e. The minimum absolute atomic E-state index is 0.00624. The predicted octanol–water partition coefficient (Wildman–Crippen LogP) is 7.24. The van der Waals surface area contributed by atoms with Crippen LogP contribution in [0.5, 0.6) is 0 Å². The van der Waals surface area contributed by atoms with E-state index in [4.69, 9.17) is 13.6 Å². The molecule has 0 radical (unpaired) electrons. The first-order chi connectivity index (χ1) is 15.0. The van der Waals surface area contributed by atoms with Crippen molar-refractivity contribution in [2.24, 2.45) is 11.8 Å². The number of esters is 1. The SMILES string of the molecule is CCOC(=O)[C@@H]1CC(O[Si](C(C)C)(C(C)C)C(C)C)=CC[C@H]1C(=O)CO[Si](C)(C)C(C)(C)C. The van der Waals surface area contributed by atoms with Crippen molar-refractivity contribution in [3.63, 3.8) is 0 Å². The summed E-state index contributed by atoms with van der Waals surface area (Å²) in [5, 5.41) is 0.0276. The molecular formula is C26H50O5Si2. The number of allylic oxidation sites excluding steroid dienone is 2. The van der Waals surface area contributed by atoms with Gasteiger partial charge in [-0.1, -0.05) is 62.3 Å². The van der Waals surface area contributed by atoms with E-state index in [0.29, 0.717) is 36.1 Å². The summed E-state index contributed by atoms with van der Waals surface area (Å²) in [7, 11) is -4.18. The van der Waals surface area contributed by atoms with Gasteiger partial charge in [-0.25, -0.2) is 0 Å². The molecule has 1 rings (SSSR count). The smallest absolute Gasteiger partial charge is 0.310 e. The summed E-state index contributed by atoms with van der Waals surface area (Å²) >= 11 is 0. The molecular weight excluding hydrogens is 448 g/mol. The van der Waals surface area contributed by atoms with Crippen molar-refractivity contribution in [1.82, 2.24) is 0 Å². The summed E-state index contributed by atoms with van der Waals surface area (Å²) in [5.41, 5.74) is 1.32. The quantitative estimate of drug-likeness (QED) is 0.222. The van der Waals surface area contributed by atoms with Crippen LogP contribution in [-0.4, -0.2) is 41.6 Å². The molecule has 0 N–H and O–H groups in total. The minimum atomic E-state index is -2.13.